The fraction of sp³-hybridized carbons (Fsp3) is 0.118. The van der Waals surface area contributed by atoms with Crippen molar-refractivity contribution in [1.82, 2.24) is 4.98 Å². The van der Waals surface area contributed by atoms with Gasteiger partial charge in [0.2, 0.25) is 15.4 Å². The van der Waals surface area contributed by atoms with E-state index in [2.05, 4.69) is 4.98 Å². The van der Waals surface area contributed by atoms with Crippen LogP contribution in [0, 0.1) is 6.92 Å². The van der Waals surface area contributed by atoms with Crippen LogP contribution in [0.4, 0.5) is 0 Å². The number of benzene rings is 2. The number of sulfone groups is 1. The molecule has 1 aromatic heterocycles. The van der Waals surface area contributed by atoms with Crippen LogP contribution in [0.15, 0.2) is 63.1 Å². The van der Waals surface area contributed by atoms with Crippen molar-refractivity contribution in [2.24, 2.45) is 0 Å². The molecule has 0 spiro atoms. The number of aryl methyl sites for hydroxylation is 1. The van der Waals surface area contributed by atoms with Crippen molar-refractivity contribution in [3.63, 3.8) is 0 Å². The summed E-state index contributed by atoms with van der Waals surface area (Å²) in [6.07, 6.45) is 0. The van der Waals surface area contributed by atoms with Crippen LogP contribution < -0.4 is 10.3 Å². The average Bonchev–Trinajstić information content (AvgIpc) is 2.54. The molecule has 118 valence electrons. The second-order valence-electron chi connectivity index (χ2n) is 5.23. The lowest BCUT2D eigenvalue weighted by molar-refractivity contribution is 0.415. The first-order chi connectivity index (χ1) is 10.9. The van der Waals surface area contributed by atoms with Gasteiger partial charge in [-0.1, -0.05) is 17.7 Å². The van der Waals surface area contributed by atoms with Gasteiger partial charge in [-0.2, -0.15) is 0 Å². The second-order valence-corrected chi connectivity index (χ2v) is 7.14. The van der Waals surface area contributed by atoms with Crippen LogP contribution in [0.1, 0.15) is 5.56 Å². The number of H-pyrrole nitrogens is 1. The summed E-state index contributed by atoms with van der Waals surface area (Å²) in [5, 5.41) is 0.421. The van der Waals surface area contributed by atoms with E-state index in [9.17, 15) is 13.2 Å². The molecule has 3 rings (SSSR count). The SMILES string of the molecule is COc1ccc2[nH]c(=O)cc(S(=O)(=O)c3ccc(C)cc3)c2c1. The predicted octanol–water partition coefficient (Wildman–Crippen LogP) is 2.68. The number of methoxy groups -OCH3 is 1. The van der Waals surface area contributed by atoms with E-state index in [0.717, 1.165) is 11.6 Å². The topological polar surface area (TPSA) is 76.2 Å². The molecule has 0 bridgehead atoms. The van der Waals surface area contributed by atoms with Gasteiger partial charge in [0.15, 0.2) is 0 Å². The van der Waals surface area contributed by atoms with Crippen LogP contribution >= 0.6 is 0 Å². The normalized spacial score (nSPS) is 11.6. The first-order valence-corrected chi connectivity index (χ1v) is 8.43. The highest BCUT2D eigenvalue weighted by Crippen LogP contribution is 2.28. The molecule has 0 aliphatic heterocycles. The Kier molecular flexibility index (Phi) is 3.69. The maximum atomic E-state index is 12.9. The lowest BCUT2D eigenvalue weighted by Gasteiger charge is -2.09. The van der Waals surface area contributed by atoms with Gasteiger partial charge >= 0.3 is 0 Å². The van der Waals surface area contributed by atoms with Crippen LogP contribution in [-0.4, -0.2) is 20.5 Å². The van der Waals surface area contributed by atoms with E-state index >= 15 is 0 Å². The Morgan fingerprint density at radius 2 is 1.70 bits per heavy atom. The van der Waals surface area contributed by atoms with Gasteiger partial charge in [-0.05, 0) is 37.3 Å². The number of hydrogen-bond acceptors (Lipinski definition) is 4. The van der Waals surface area contributed by atoms with E-state index in [1.54, 1.807) is 30.3 Å². The molecule has 0 atom stereocenters. The van der Waals surface area contributed by atoms with Gasteiger partial charge in [0, 0.05) is 17.0 Å². The third-order valence-corrected chi connectivity index (χ3v) is 5.44. The van der Waals surface area contributed by atoms with Gasteiger partial charge in [0.1, 0.15) is 5.75 Å². The Morgan fingerprint density at radius 1 is 1.00 bits per heavy atom. The van der Waals surface area contributed by atoms with Crippen molar-refractivity contribution < 1.29 is 13.2 Å². The average molecular weight is 329 g/mol. The molecule has 23 heavy (non-hydrogen) atoms. The van der Waals surface area contributed by atoms with Gasteiger partial charge in [-0.15, -0.1) is 0 Å². The van der Waals surface area contributed by atoms with E-state index in [0.29, 0.717) is 16.7 Å². The zero-order valence-corrected chi connectivity index (χ0v) is 13.5. The number of aromatic amines is 1. The Morgan fingerprint density at radius 3 is 2.35 bits per heavy atom. The number of aromatic nitrogens is 1. The molecule has 1 heterocycles. The van der Waals surface area contributed by atoms with Gasteiger partial charge in [-0.3, -0.25) is 4.79 Å². The standard InChI is InChI=1S/C17H15NO4S/c1-11-3-6-13(7-4-11)23(20,21)16-10-17(19)18-15-8-5-12(22-2)9-14(15)16/h3-10H,1-2H3,(H,18,19). The van der Waals surface area contributed by atoms with E-state index in [4.69, 9.17) is 4.74 Å². The minimum absolute atomic E-state index is 0.0287. The van der Waals surface area contributed by atoms with E-state index in [1.807, 2.05) is 6.92 Å². The molecule has 6 heteroatoms. The third kappa shape index (κ3) is 2.73. The third-order valence-electron chi connectivity index (χ3n) is 3.63. The molecule has 0 radical (unpaired) electrons. The fourth-order valence-corrected chi connectivity index (χ4v) is 3.86. The highest BCUT2D eigenvalue weighted by Gasteiger charge is 2.21. The Labute approximate surface area is 133 Å². The molecule has 0 aliphatic carbocycles. The lowest BCUT2D eigenvalue weighted by Crippen LogP contribution is -2.11. The number of fused-ring (bicyclic) bond motifs is 1. The molecule has 5 nitrogen and oxygen atoms in total. The summed E-state index contributed by atoms with van der Waals surface area (Å²) in [7, 11) is -2.30. The molecule has 0 aliphatic rings. The molecular weight excluding hydrogens is 314 g/mol. The minimum atomic E-state index is -3.81. The van der Waals surface area contributed by atoms with Crippen LogP contribution in [0.5, 0.6) is 5.75 Å². The zero-order chi connectivity index (χ0) is 16.6. The summed E-state index contributed by atoms with van der Waals surface area (Å²) < 4.78 is 31.0. The van der Waals surface area contributed by atoms with Crippen molar-refractivity contribution in [2.45, 2.75) is 16.7 Å². The number of pyridine rings is 1. The van der Waals surface area contributed by atoms with Crippen molar-refractivity contribution in [1.29, 1.82) is 0 Å². The summed E-state index contributed by atoms with van der Waals surface area (Å²) in [6, 6.07) is 12.5. The second kappa shape index (κ2) is 5.55. The monoisotopic (exact) mass is 329 g/mol. The Balaban J connectivity index is 2.33. The summed E-state index contributed by atoms with van der Waals surface area (Å²) in [5.74, 6) is 0.518. The molecule has 0 saturated heterocycles. The van der Waals surface area contributed by atoms with Gasteiger partial charge in [-0.25, -0.2) is 8.42 Å². The molecule has 1 N–H and O–H groups in total. The quantitative estimate of drug-likeness (QED) is 0.801. The number of hydrogen-bond donors (Lipinski definition) is 1. The smallest absolute Gasteiger partial charge is 0.249 e. The summed E-state index contributed by atoms with van der Waals surface area (Å²) in [5.41, 5.74) is 0.943. The molecule has 2 aromatic carbocycles. The summed E-state index contributed by atoms with van der Waals surface area (Å²) >= 11 is 0. The van der Waals surface area contributed by atoms with Crippen molar-refractivity contribution in [3.8, 4) is 5.75 Å². The van der Waals surface area contributed by atoms with Gasteiger partial charge in [0.05, 0.1) is 16.9 Å². The summed E-state index contributed by atoms with van der Waals surface area (Å²) in [6.45, 7) is 1.88. The number of ether oxygens (including phenoxy) is 1. The first-order valence-electron chi connectivity index (χ1n) is 6.94. The van der Waals surface area contributed by atoms with Crippen molar-refractivity contribution >= 4 is 20.7 Å². The highest BCUT2D eigenvalue weighted by atomic mass is 32.2. The van der Waals surface area contributed by atoms with Gasteiger partial charge in [0.25, 0.3) is 0 Å². The lowest BCUT2D eigenvalue weighted by atomic mass is 10.2. The van der Waals surface area contributed by atoms with Crippen LogP contribution in [-0.2, 0) is 9.84 Å². The number of rotatable bonds is 3. The largest absolute Gasteiger partial charge is 0.497 e. The van der Waals surface area contributed by atoms with Crippen molar-refractivity contribution in [2.75, 3.05) is 7.11 Å². The Hall–Kier alpha value is -2.60. The zero-order valence-electron chi connectivity index (χ0n) is 12.7. The number of nitrogens with one attached hydrogen (secondary N) is 1. The minimum Gasteiger partial charge on any atom is -0.497 e. The van der Waals surface area contributed by atoms with Crippen molar-refractivity contribution in [3.05, 3.63) is 64.4 Å². The molecule has 0 saturated carbocycles. The molecule has 0 fully saturated rings. The van der Waals surface area contributed by atoms with Crippen LogP contribution in [0.2, 0.25) is 0 Å². The van der Waals surface area contributed by atoms with Crippen LogP contribution in [0.3, 0.4) is 0 Å². The molecular formula is C17H15NO4S. The first kappa shape index (κ1) is 15.3. The maximum absolute atomic E-state index is 12.9. The molecule has 0 amide bonds. The predicted molar refractivity (Wildman–Crippen MR) is 87.8 cm³/mol. The fourth-order valence-electron chi connectivity index (χ4n) is 2.40. The maximum Gasteiger partial charge on any atom is 0.249 e. The van der Waals surface area contributed by atoms with E-state index in [1.165, 1.54) is 19.2 Å². The van der Waals surface area contributed by atoms with E-state index in [-0.39, 0.29) is 9.79 Å². The molecule has 0 unspecified atom stereocenters. The van der Waals surface area contributed by atoms with E-state index < -0.39 is 15.4 Å². The highest BCUT2D eigenvalue weighted by molar-refractivity contribution is 7.91. The summed E-state index contributed by atoms with van der Waals surface area (Å²) in [4.78, 5) is 14.6. The van der Waals surface area contributed by atoms with Gasteiger partial charge < -0.3 is 9.72 Å². The Bertz CT molecular complexity index is 1030. The molecule has 3 aromatic rings. The van der Waals surface area contributed by atoms with Crippen LogP contribution in [0.25, 0.3) is 10.9 Å².